The van der Waals surface area contributed by atoms with E-state index in [4.69, 9.17) is 4.74 Å². The first-order chi connectivity index (χ1) is 11.1. The van der Waals surface area contributed by atoms with Crippen molar-refractivity contribution in [2.75, 3.05) is 7.11 Å². The number of phenols is 1. The molecule has 2 heteroatoms. The summed E-state index contributed by atoms with van der Waals surface area (Å²) in [6, 6.07) is 5.96. The number of aryl methyl sites for hydroxylation is 1. The highest BCUT2D eigenvalue weighted by Crippen LogP contribution is 2.50. The molecule has 1 aromatic rings. The van der Waals surface area contributed by atoms with Crippen LogP contribution in [0.25, 0.3) is 5.76 Å². The van der Waals surface area contributed by atoms with Crippen LogP contribution < -0.4 is 0 Å². The zero-order chi connectivity index (χ0) is 16.4. The van der Waals surface area contributed by atoms with Crippen LogP contribution in [0.1, 0.15) is 63.0 Å². The molecular formula is C21H30O2. The molecule has 0 aliphatic heterocycles. The van der Waals surface area contributed by atoms with Crippen molar-refractivity contribution in [3.05, 3.63) is 34.9 Å². The molecule has 2 aliphatic carbocycles. The van der Waals surface area contributed by atoms with Gasteiger partial charge in [0.15, 0.2) is 0 Å². The third kappa shape index (κ3) is 3.27. The number of hydrogen-bond donors (Lipinski definition) is 1. The number of rotatable bonds is 4. The molecule has 23 heavy (non-hydrogen) atoms. The fourth-order valence-electron chi connectivity index (χ4n) is 4.80. The number of phenolic OH excluding ortho intramolecular Hbond substituents is 1. The van der Waals surface area contributed by atoms with Gasteiger partial charge in [-0.05, 0) is 67.6 Å². The van der Waals surface area contributed by atoms with Gasteiger partial charge in [-0.25, -0.2) is 0 Å². The summed E-state index contributed by atoms with van der Waals surface area (Å²) in [6.45, 7) is 4.22. The highest BCUT2D eigenvalue weighted by Gasteiger charge is 2.37. The SMILES string of the molecule is CCCC1CC2CCCC(C2)/C1=C(\OC)c1ccc(C)c(O)c1. The molecule has 3 unspecified atom stereocenters. The highest BCUT2D eigenvalue weighted by molar-refractivity contribution is 5.66. The summed E-state index contributed by atoms with van der Waals surface area (Å²) in [5, 5.41) is 10.1. The molecule has 2 nitrogen and oxygen atoms in total. The number of methoxy groups -OCH3 is 1. The van der Waals surface area contributed by atoms with Crippen molar-refractivity contribution in [2.24, 2.45) is 17.8 Å². The van der Waals surface area contributed by atoms with Crippen molar-refractivity contribution < 1.29 is 9.84 Å². The molecule has 2 fully saturated rings. The highest BCUT2D eigenvalue weighted by atomic mass is 16.5. The molecule has 2 bridgehead atoms. The van der Waals surface area contributed by atoms with Gasteiger partial charge < -0.3 is 9.84 Å². The first-order valence-corrected chi connectivity index (χ1v) is 9.22. The monoisotopic (exact) mass is 314 g/mol. The van der Waals surface area contributed by atoms with Crippen molar-refractivity contribution in [1.29, 1.82) is 0 Å². The van der Waals surface area contributed by atoms with Crippen molar-refractivity contribution >= 4 is 5.76 Å². The summed E-state index contributed by atoms with van der Waals surface area (Å²) >= 11 is 0. The maximum atomic E-state index is 10.1. The molecule has 0 saturated heterocycles. The number of hydrogen-bond acceptors (Lipinski definition) is 2. The van der Waals surface area contributed by atoms with Gasteiger partial charge in [-0.1, -0.05) is 38.3 Å². The Balaban J connectivity index is 2.05. The number of benzene rings is 1. The largest absolute Gasteiger partial charge is 0.508 e. The van der Waals surface area contributed by atoms with Gasteiger partial charge in [0, 0.05) is 5.56 Å². The second kappa shape index (κ2) is 6.98. The third-order valence-corrected chi connectivity index (χ3v) is 5.86. The first-order valence-electron chi connectivity index (χ1n) is 9.22. The maximum Gasteiger partial charge on any atom is 0.125 e. The van der Waals surface area contributed by atoms with Crippen LogP contribution in [0.5, 0.6) is 5.75 Å². The molecule has 0 aromatic heterocycles. The summed E-state index contributed by atoms with van der Waals surface area (Å²) in [7, 11) is 1.79. The molecule has 126 valence electrons. The normalized spacial score (nSPS) is 29.3. The number of aromatic hydroxyl groups is 1. The first kappa shape index (κ1) is 16.4. The Bertz CT molecular complexity index is 588. The average molecular weight is 314 g/mol. The molecule has 3 rings (SSSR count). The van der Waals surface area contributed by atoms with Gasteiger partial charge >= 0.3 is 0 Å². The minimum Gasteiger partial charge on any atom is -0.508 e. The number of allylic oxidation sites excluding steroid dienone is 1. The van der Waals surface area contributed by atoms with Gasteiger partial charge in [0.2, 0.25) is 0 Å². The van der Waals surface area contributed by atoms with Crippen LogP contribution in [0.2, 0.25) is 0 Å². The van der Waals surface area contributed by atoms with Gasteiger partial charge in [0.1, 0.15) is 11.5 Å². The maximum absolute atomic E-state index is 10.1. The van der Waals surface area contributed by atoms with Crippen LogP contribution in [0, 0.1) is 24.7 Å². The lowest BCUT2D eigenvalue weighted by Gasteiger charge is -2.42. The van der Waals surface area contributed by atoms with E-state index in [-0.39, 0.29) is 0 Å². The van der Waals surface area contributed by atoms with Crippen molar-refractivity contribution in [3.8, 4) is 5.75 Å². The second-order valence-corrected chi connectivity index (χ2v) is 7.44. The van der Waals surface area contributed by atoms with Crippen LogP contribution in [-0.2, 0) is 4.74 Å². The van der Waals surface area contributed by atoms with E-state index in [2.05, 4.69) is 13.0 Å². The van der Waals surface area contributed by atoms with E-state index >= 15 is 0 Å². The molecular weight excluding hydrogens is 284 g/mol. The van der Waals surface area contributed by atoms with Gasteiger partial charge in [-0.15, -0.1) is 0 Å². The van der Waals surface area contributed by atoms with E-state index in [0.29, 0.717) is 17.6 Å². The van der Waals surface area contributed by atoms with Crippen molar-refractivity contribution in [1.82, 2.24) is 0 Å². The Labute approximate surface area is 140 Å². The zero-order valence-electron chi connectivity index (χ0n) is 14.8. The van der Waals surface area contributed by atoms with Crippen molar-refractivity contribution in [2.45, 2.75) is 58.8 Å². The van der Waals surface area contributed by atoms with Gasteiger partial charge in [0.25, 0.3) is 0 Å². The van der Waals surface area contributed by atoms with Crippen LogP contribution in [0.4, 0.5) is 0 Å². The quantitative estimate of drug-likeness (QED) is 0.724. The fraction of sp³-hybridized carbons (Fsp3) is 0.619. The van der Waals surface area contributed by atoms with E-state index < -0.39 is 0 Å². The molecule has 2 saturated carbocycles. The van der Waals surface area contributed by atoms with Gasteiger partial charge in [0.05, 0.1) is 7.11 Å². The van der Waals surface area contributed by atoms with E-state index in [1.165, 1.54) is 50.5 Å². The standard InChI is InChI=1S/C21H30O2/c1-4-6-16-11-15-7-5-8-17(12-15)20(16)21(23-3)18-10-9-14(2)19(22)13-18/h9-10,13,15-17,22H,4-8,11-12H2,1-3H3/b21-20-. The summed E-state index contributed by atoms with van der Waals surface area (Å²) < 4.78 is 5.91. The minimum atomic E-state index is 0.363. The van der Waals surface area contributed by atoms with E-state index in [0.717, 1.165) is 22.8 Å². The van der Waals surface area contributed by atoms with Crippen LogP contribution >= 0.6 is 0 Å². The molecule has 0 amide bonds. The van der Waals surface area contributed by atoms with Gasteiger partial charge in [-0.2, -0.15) is 0 Å². The molecule has 2 aliphatic rings. The van der Waals surface area contributed by atoms with Crippen LogP contribution in [-0.4, -0.2) is 12.2 Å². The molecule has 0 spiro atoms. The molecule has 0 heterocycles. The Hall–Kier alpha value is -1.44. The lowest BCUT2D eigenvalue weighted by molar-refractivity contribution is 0.187. The second-order valence-electron chi connectivity index (χ2n) is 7.44. The van der Waals surface area contributed by atoms with E-state index in [1.54, 1.807) is 7.11 Å². The number of ether oxygens (including phenoxy) is 1. The van der Waals surface area contributed by atoms with Crippen LogP contribution in [0.15, 0.2) is 23.8 Å². The summed E-state index contributed by atoms with van der Waals surface area (Å²) in [5.74, 6) is 3.64. The summed E-state index contributed by atoms with van der Waals surface area (Å²) in [6.07, 6.45) is 9.21. The summed E-state index contributed by atoms with van der Waals surface area (Å²) in [5.41, 5.74) is 3.49. The Morgan fingerprint density at radius 3 is 2.78 bits per heavy atom. The topological polar surface area (TPSA) is 29.5 Å². The van der Waals surface area contributed by atoms with Crippen LogP contribution in [0.3, 0.4) is 0 Å². The fourth-order valence-corrected chi connectivity index (χ4v) is 4.80. The molecule has 1 aromatic carbocycles. The Kier molecular flexibility index (Phi) is 4.99. The predicted octanol–water partition coefficient (Wildman–Crippen LogP) is 5.68. The van der Waals surface area contributed by atoms with Gasteiger partial charge in [-0.3, -0.25) is 0 Å². The Morgan fingerprint density at radius 2 is 2.09 bits per heavy atom. The minimum absolute atomic E-state index is 0.363. The average Bonchev–Trinajstić information content (AvgIpc) is 2.54. The Morgan fingerprint density at radius 1 is 1.26 bits per heavy atom. The lowest BCUT2D eigenvalue weighted by atomic mass is 9.63. The number of fused-ring (bicyclic) bond motifs is 2. The predicted molar refractivity (Wildman–Crippen MR) is 95.2 cm³/mol. The summed E-state index contributed by atoms with van der Waals surface area (Å²) in [4.78, 5) is 0. The third-order valence-electron chi connectivity index (χ3n) is 5.86. The smallest absolute Gasteiger partial charge is 0.125 e. The molecule has 1 N–H and O–H groups in total. The molecule has 3 atom stereocenters. The lowest BCUT2D eigenvalue weighted by Crippen LogP contribution is -2.30. The van der Waals surface area contributed by atoms with E-state index in [9.17, 15) is 5.11 Å². The van der Waals surface area contributed by atoms with E-state index in [1.807, 2.05) is 19.1 Å². The molecule has 0 radical (unpaired) electrons. The van der Waals surface area contributed by atoms with Crippen molar-refractivity contribution in [3.63, 3.8) is 0 Å². The zero-order valence-corrected chi connectivity index (χ0v) is 14.8.